The highest BCUT2D eigenvalue weighted by Gasteiger charge is 2.27. The SMILES string of the molecule is CN1CC[C@@H](C#Cc2cccc(-c3nc(C(N)=O)cc(-c4cc(F)ccc4F)n3)c2)C1=O. The number of nitrogens with zero attached hydrogens (tertiary/aromatic N) is 3. The van der Waals surface area contributed by atoms with Crippen LogP contribution in [-0.4, -0.2) is 40.3 Å². The molecule has 2 heterocycles. The molecule has 2 N–H and O–H groups in total. The zero-order valence-electron chi connectivity index (χ0n) is 17.1. The molecule has 2 amide bonds. The largest absolute Gasteiger partial charge is 0.364 e. The summed E-state index contributed by atoms with van der Waals surface area (Å²) >= 11 is 0. The average molecular weight is 432 g/mol. The van der Waals surface area contributed by atoms with Gasteiger partial charge in [-0.25, -0.2) is 18.7 Å². The van der Waals surface area contributed by atoms with E-state index < -0.39 is 17.5 Å². The van der Waals surface area contributed by atoms with Crippen LogP contribution in [0.4, 0.5) is 8.78 Å². The molecule has 4 rings (SSSR count). The topological polar surface area (TPSA) is 89.2 Å². The molecule has 32 heavy (non-hydrogen) atoms. The minimum Gasteiger partial charge on any atom is -0.364 e. The molecule has 1 saturated heterocycles. The van der Waals surface area contributed by atoms with Crippen LogP contribution >= 0.6 is 0 Å². The number of primary amides is 1. The van der Waals surface area contributed by atoms with Gasteiger partial charge >= 0.3 is 0 Å². The molecule has 0 aliphatic carbocycles. The van der Waals surface area contributed by atoms with Crippen molar-refractivity contribution in [3.63, 3.8) is 0 Å². The monoisotopic (exact) mass is 432 g/mol. The Hall–Kier alpha value is -4.12. The highest BCUT2D eigenvalue weighted by Crippen LogP contribution is 2.26. The van der Waals surface area contributed by atoms with Crippen LogP contribution in [0, 0.1) is 29.4 Å². The van der Waals surface area contributed by atoms with Crippen molar-refractivity contribution in [3.05, 3.63) is 71.4 Å². The summed E-state index contributed by atoms with van der Waals surface area (Å²) in [6.07, 6.45) is 0.675. The van der Waals surface area contributed by atoms with Crippen molar-refractivity contribution < 1.29 is 18.4 Å². The van der Waals surface area contributed by atoms with Gasteiger partial charge in [0, 0.05) is 30.3 Å². The summed E-state index contributed by atoms with van der Waals surface area (Å²) in [4.78, 5) is 34.0. The van der Waals surface area contributed by atoms with Crippen molar-refractivity contribution in [3.8, 4) is 34.5 Å². The van der Waals surface area contributed by atoms with E-state index in [9.17, 15) is 18.4 Å². The van der Waals surface area contributed by atoms with Crippen molar-refractivity contribution in [1.29, 1.82) is 0 Å². The molecule has 1 aliphatic rings. The predicted octanol–water partition coefficient (Wildman–Crippen LogP) is 3.02. The first kappa shape index (κ1) is 21.1. The molecular weight excluding hydrogens is 414 g/mol. The summed E-state index contributed by atoms with van der Waals surface area (Å²) in [5.41, 5.74) is 6.30. The van der Waals surface area contributed by atoms with Gasteiger partial charge in [0.15, 0.2) is 5.82 Å². The highest BCUT2D eigenvalue weighted by molar-refractivity contribution is 5.92. The first-order valence-corrected chi connectivity index (χ1v) is 9.83. The quantitative estimate of drug-likeness (QED) is 0.645. The minimum atomic E-state index is -0.827. The Morgan fingerprint density at radius 3 is 2.69 bits per heavy atom. The van der Waals surface area contributed by atoms with Crippen molar-refractivity contribution >= 4 is 11.8 Å². The second-order valence-electron chi connectivity index (χ2n) is 7.40. The Bertz CT molecular complexity index is 1300. The Labute approximate surface area is 183 Å². The zero-order valence-corrected chi connectivity index (χ0v) is 17.1. The predicted molar refractivity (Wildman–Crippen MR) is 114 cm³/mol. The van der Waals surface area contributed by atoms with E-state index in [4.69, 9.17) is 5.73 Å². The molecule has 160 valence electrons. The third kappa shape index (κ3) is 4.32. The summed E-state index contributed by atoms with van der Waals surface area (Å²) in [5, 5.41) is 0. The molecule has 1 fully saturated rings. The van der Waals surface area contributed by atoms with Crippen molar-refractivity contribution in [2.75, 3.05) is 13.6 Å². The van der Waals surface area contributed by atoms with E-state index in [1.165, 1.54) is 6.07 Å². The molecule has 1 aromatic heterocycles. The fourth-order valence-corrected chi connectivity index (χ4v) is 3.40. The van der Waals surface area contributed by atoms with Crippen LogP contribution in [0.2, 0.25) is 0 Å². The number of nitrogens with two attached hydrogens (primary N) is 1. The van der Waals surface area contributed by atoms with Gasteiger partial charge in [0.05, 0.1) is 5.69 Å². The number of benzene rings is 2. The smallest absolute Gasteiger partial charge is 0.267 e. The van der Waals surface area contributed by atoms with E-state index in [1.54, 1.807) is 36.2 Å². The summed E-state index contributed by atoms with van der Waals surface area (Å²) in [5.74, 6) is 3.57. The molecule has 0 saturated carbocycles. The number of amides is 2. The molecule has 0 bridgehead atoms. The van der Waals surface area contributed by atoms with Gasteiger partial charge in [-0.3, -0.25) is 9.59 Å². The summed E-state index contributed by atoms with van der Waals surface area (Å²) in [6.45, 7) is 0.672. The van der Waals surface area contributed by atoms with Crippen LogP contribution in [0.25, 0.3) is 22.6 Å². The van der Waals surface area contributed by atoms with Crippen LogP contribution in [0.5, 0.6) is 0 Å². The lowest BCUT2D eigenvalue weighted by molar-refractivity contribution is -0.128. The zero-order chi connectivity index (χ0) is 22.8. The maximum Gasteiger partial charge on any atom is 0.267 e. The first-order chi connectivity index (χ1) is 15.3. The van der Waals surface area contributed by atoms with E-state index in [-0.39, 0.29) is 34.6 Å². The van der Waals surface area contributed by atoms with E-state index in [0.717, 1.165) is 18.2 Å². The third-order valence-electron chi connectivity index (χ3n) is 5.12. The minimum absolute atomic E-state index is 0.00657. The third-order valence-corrected chi connectivity index (χ3v) is 5.12. The molecule has 3 aromatic rings. The van der Waals surface area contributed by atoms with Crippen LogP contribution in [0.15, 0.2) is 48.5 Å². The molecule has 0 spiro atoms. The summed E-state index contributed by atoms with van der Waals surface area (Å²) in [7, 11) is 1.74. The Morgan fingerprint density at radius 1 is 1.16 bits per heavy atom. The Morgan fingerprint density at radius 2 is 1.97 bits per heavy atom. The number of hydrogen-bond donors (Lipinski definition) is 1. The molecule has 1 atom stereocenters. The number of rotatable bonds is 3. The Kier molecular flexibility index (Phi) is 5.65. The Balaban J connectivity index is 1.75. The lowest BCUT2D eigenvalue weighted by Crippen LogP contribution is -2.21. The molecular formula is C24H18F2N4O2. The van der Waals surface area contributed by atoms with Gasteiger partial charge in [0.1, 0.15) is 23.2 Å². The van der Waals surface area contributed by atoms with E-state index >= 15 is 0 Å². The molecule has 6 nitrogen and oxygen atoms in total. The standard InChI is InChI=1S/C24H18F2N4O2/c1-30-10-9-15(24(30)32)6-5-14-3-2-4-16(11-14)23-28-20(13-21(29-23)22(27)31)18-12-17(25)7-8-19(18)26/h2-4,7-8,11-13,15H,9-10H2,1H3,(H2,27,31)/t15-/m1/s1. The summed E-state index contributed by atoms with van der Waals surface area (Å²) < 4.78 is 28.0. The van der Waals surface area contributed by atoms with E-state index in [2.05, 4.69) is 21.8 Å². The van der Waals surface area contributed by atoms with Gasteiger partial charge in [-0.2, -0.15) is 0 Å². The number of aromatic nitrogens is 2. The van der Waals surface area contributed by atoms with Crippen LogP contribution in [-0.2, 0) is 4.79 Å². The lowest BCUT2D eigenvalue weighted by atomic mass is 10.1. The maximum absolute atomic E-state index is 14.3. The summed E-state index contributed by atoms with van der Waals surface area (Å²) in [6, 6.07) is 11.1. The average Bonchev–Trinajstić information content (AvgIpc) is 3.11. The van der Waals surface area contributed by atoms with Gasteiger partial charge in [-0.15, -0.1) is 0 Å². The van der Waals surface area contributed by atoms with Gasteiger partial charge in [0.25, 0.3) is 5.91 Å². The van der Waals surface area contributed by atoms with Crippen molar-refractivity contribution in [1.82, 2.24) is 14.9 Å². The molecule has 8 heteroatoms. The van der Waals surface area contributed by atoms with E-state index in [0.29, 0.717) is 24.1 Å². The fourth-order valence-electron chi connectivity index (χ4n) is 3.40. The highest BCUT2D eigenvalue weighted by atomic mass is 19.1. The van der Waals surface area contributed by atoms with Crippen molar-refractivity contribution in [2.45, 2.75) is 6.42 Å². The van der Waals surface area contributed by atoms with Gasteiger partial charge in [-0.1, -0.05) is 24.0 Å². The normalized spacial score (nSPS) is 15.4. The number of carbonyl (C=O) groups excluding carboxylic acids is 2. The number of hydrogen-bond acceptors (Lipinski definition) is 4. The maximum atomic E-state index is 14.3. The molecule has 0 radical (unpaired) electrons. The van der Waals surface area contributed by atoms with Crippen LogP contribution in [0.3, 0.4) is 0 Å². The molecule has 2 aromatic carbocycles. The second-order valence-corrected chi connectivity index (χ2v) is 7.40. The van der Waals surface area contributed by atoms with Crippen LogP contribution in [0.1, 0.15) is 22.5 Å². The molecule has 1 aliphatic heterocycles. The second kappa shape index (κ2) is 8.55. The fraction of sp³-hybridized carbons (Fsp3) is 0.167. The first-order valence-electron chi connectivity index (χ1n) is 9.83. The lowest BCUT2D eigenvalue weighted by Gasteiger charge is -2.08. The number of carbonyl (C=O) groups is 2. The van der Waals surface area contributed by atoms with Crippen LogP contribution < -0.4 is 5.73 Å². The number of likely N-dealkylation sites (tertiary alicyclic amines) is 1. The molecule has 0 unspecified atom stereocenters. The van der Waals surface area contributed by atoms with Gasteiger partial charge in [0.2, 0.25) is 5.91 Å². The van der Waals surface area contributed by atoms with Gasteiger partial charge < -0.3 is 10.6 Å². The van der Waals surface area contributed by atoms with Gasteiger partial charge in [-0.05, 0) is 42.8 Å². The van der Waals surface area contributed by atoms with Crippen molar-refractivity contribution in [2.24, 2.45) is 11.7 Å². The van der Waals surface area contributed by atoms with E-state index in [1.807, 2.05) is 0 Å². The number of halogens is 2.